The van der Waals surface area contributed by atoms with Gasteiger partial charge in [-0.15, -0.1) is 0 Å². The van der Waals surface area contributed by atoms with Crippen LogP contribution in [-0.2, 0) is 4.79 Å². The number of carbonyl (C=O) groups is 1. The third kappa shape index (κ3) is 2.69. The minimum atomic E-state index is 0.187. The molecule has 0 aromatic carbocycles. The molecule has 0 bridgehead atoms. The van der Waals surface area contributed by atoms with E-state index < -0.39 is 0 Å². The maximum atomic E-state index is 11.6. The number of piperazine rings is 1. The first-order valence-corrected chi connectivity index (χ1v) is 5.22. The number of amides is 1. The Morgan fingerprint density at radius 1 is 1.57 bits per heavy atom. The summed E-state index contributed by atoms with van der Waals surface area (Å²) in [5.41, 5.74) is 5.63. The SMILES string of the molecule is CC(C)CN1CC(=O)N(C)C(CN)C1. The second-order valence-electron chi connectivity index (χ2n) is 4.48. The highest BCUT2D eigenvalue weighted by molar-refractivity contribution is 5.79. The zero-order valence-electron chi connectivity index (χ0n) is 9.36. The van der Waals surface area contributed by atoms with Gasteiger partial charge in [-0.25, -0.2) is 0 Å². The number of rotatable bonds is 3. The highest BCUT2D eigenvalue weighted by atomic mass is 16.2. The topological polar surface area (TPSA) is 49.6 Å². The van der Waals surface area contributed by atoms with Crippen LogP contribution >= 0.6 is 0 Å². The largest absolute Gasteiger partial charge is 0.339 e. The van der Waals surface area contributed by atoms with Crippen LogP contribution in [0.15, 0.2) is 0 Å². The van der Waals surface area contributed by atoms with Gasteiger partial charge in [-0.2, -0.15) is 0 Å². The summed E-state index contributed by atoms with van der Waals surface area (Å²) in [6.07, 6.45) is 0. The summed E-state index contributed by atoms with van der Waals surface area (Å²) in [7, 11) is 1.84. The summed E-state index contributed by atoms with van der Waals surface area (Å²) >= 11 is 0. The van der Waals surface area contributed by atoms with E-state index >= 15 is 0 Å². The molecule has 4 nitrogen and oxygen atoms in total. The number of nitrogens with two attached hydrogens (primary N) is 1. The molecule has 0 aliphatic carbocycles. The van der Waals surface area contributed by atoms with Crippen molar-refractivity contribution in [3.63, 3.8) is 0 Å². The van der Waals surface area contributed by atoms with Crippen molar-refractivity contribution in [3.8, 4) is 0 Å². The molecule has 1 amide bonds. The summed E-state index contributed by atoms with van der Waals surface area (Å²) in [5, 5.41) is 0. The van der Waals surface area contributed by atoms with Crippen molar-refractivity contribution < 1.29 is 4.79 Å². The molecular formula is C10H21N3O. The highest BCUT2D eigenvalue weighted by Gasteiger charge is 2.28. The lowest BCUT2D eigenvalue weighted by atomic mass is 10.1. The Morgan fingerprint density at radius 2 is 2.21 bits per heavy atom. The van der Waals surface area contributed by atoms with Crippen molar-refractivity contribution in [1.82, 2.24) is 9.80 Å². The van der Waals surface area contributed by atoms with Gasteiger partial charge in [0.2, 0.25) is 5.91 Å². The summed E-state index contributed by atoms with van der Waals surface area (Å²) in [6.45, 7) is 7.33. The van der Waals surface area contributed by atoms with Crippen LogP contribution in [0.5, 0.6) is 0 Å². The standard InChI is InChI=1S/C10H21N3O/c1-8(2)5-13-6-9(4-11)12(3)10(14)7-13/h8-9H,4-7,11H2,1-3H3. The molecule has 82 valence electrons. The minimum absolute atomic E-state index is 0.187. The van der Waals surface area contributed by atoms with Crippen molar-refractivity contribution in [2.24, 2.45) is 11.7 Å². The van der Waals surface area contributed by atoms with E-state index in [0.717, 1.165) is 13.1 Å². The summed E-state index contributed by atoms with van der Waals surface area (Å²) in [5.74, 6) is 0.789. The van der Waals surface area contributed by atoms with Crippen molar-refractivity contribution in [2.45, 2.75) is 19.9 Å². The van der Waals surface area contributed by atoms with E-state index in [1.165, 1.54) is 0 Å². The third-order valence-corrected chi connectivity index (χ3v) is 2.66. The lowest BCUT2D eigenvalue weighted by Gasteiger charge is -2.39. The van der Waals surface area contributed by atoms with Gasteiger partial charge >= 0.3 is 0 Å². The lowest BCUT2D eigenvalue weighted by Crippen LogP contribution is -2.57. The van der Waals surface area contributed by atoms with E-state index in [9.17, 15) is 4.79 Å². The van der Waals surface area contributed by atoms with Gasteiger partial charge in [0.15, 0.2) is 0 Å². The molecule has 0 radical (unpaired) electrons. The Labute approximate surface area is 86.0 Å². The third-order valence-electron chi connectivity index (χ3n) is 2.66. The first-order chi connectivity index (χ1) is 6.54. The summed E-state index contributed by atoms with van der Waals surface area (Å²) < 4.78 is 0. The van der Waals surface area contributed by atoms with Gasteiger partial charge in [0.25, 0.3) is 0 Å². The van der Waals surface area contributed by atoms with E-state index in [2.05, 4.69) is 18.7 Å². The van der Waals surface area contributed by atoms with Gasteiger partial charge in [0, 0.05) is 26.7 Å². The lowest BCUT2D eigenvalue weighted by molar-refractivity contribution is -0.137. The number of hydrogen-bond acceptors (Lipinski definition) is 3. The summed E-state index contributed by atoms with van der Waals surface area (Å²) in [4.78, 5) is 15.6. The van der Waals surface area contributed by atoms with Crippen LogP contribution in [0.1, 0.15) is 13.8 Å². The molecular weight excluding hydrogens is 178 g/mol. The van der Waals surface area contributed by atoms with Crippen molar-refractivity contribution >= 4 is 5.91 Å². The molecule has 0 aromatic rings. The van der Waals surface area contributed by atoms with Crippen LogP contribution in [0, 0.1) is 5.92 Å². The molecule has 0 spiro atoms. The highest BCUT2D eigenvalue weighted by Crippen LogP contribution is 2.09. The van der Waals surface area contributed by atoms with Crippen LogP contribution < -0.4 is 5.73 Å². The maximum Gasteiger partial charge on any atom is 0.236 e. The van der Waals surface area contributed by atoms with E-state index in [1.54, 1.807) is 4.90 Å². The second kappa shape index (κ2) is 4.75. The molecule has 1 atom stereocenters. The molecule has 1 fully saturated rings. The molecule has 1 heterocycles. The van der Waals surface area contributed by atoms with Gasteiger partial charge in [0.05, 0.1) is 12.6 Å². The average molecular weight is 199 g/mol. The predicted molar refractivity (Wildman–Crippen MR) is 56.9 cm³/mol. The van der Waals surface area contributed by atoms with Gasteiger partial charge in [-0.05, 0) is 5.92 Å². The molecule has 0 aromatic heterocycles. The van der Waals surface area contributed by atoms with Crippen molar-refractivity contribution in [3.05, 3.63) is 0 Å². The zero-order valence-corrected chi connectivity index (χ0v) is 9.36. The fraction of sp³-hybridized carbons (Fsp3) is 0.900. The van der Waals surface area contributed by atoms with E-state index in [0.29, 0.717) is 19.0 Å². The Bertz CT molecular complexity index is 206. The molecule has 1 aliphatic rings. The van der Waals surface area contributed by atoms with Gasteiger partial charge in [0.1, 0.15) is 0 Å². The normalized spacial score (nSPS) is 24.8. The first-order valence-electron chi connectivity index (χ1n) is 5.22. The van der Waals surface area contributed by atoms with Crippen LogP contribution in [0.25, 0.3) is 0 Å². The second-order valence-corrected chi connectivity index (χ2v) is 4.48. The average Bonchev–Trinajstić information content (AvgIpc) is 2.10. The number of likely N-dealkylation sites (N-methyl/N-ethyl adjacent to an activating group) is 1. The van der Waals surface area contributed by atoms with Crippen LogP contribution in [0.3, 0.4) is 0 Å². The molecule has 2 N–H and O–H groups in total. The fourth-order valence-electron chi connectivity index (χ4n) is 1.88. The van der Waals surface area contributed by atoms with Crippen molar-refractivity contribution in [2.75, 3.05) is 33.2 Å². The Morgan fingerprint density at radius 3 is 2.71 bits per heavy atom. The quantitative estimate of drug-likeness (QED) is 0.681. The van der Waals surface area contributed by atoms with E-state index in [4.69, 9.17) is 5.73 Å². The minimum Gasteiger partial charge on any atom is -0.339 e. The predicted octanol–water partition coefficient (Wildman–Crippen LogP) is -0.256. The van der Waals surface area contributed by atoms with Crippen LogP contribution in [0.4, 0.5) is 0 Å². The van der Waals surface area contributed by atoms with Gasteiger partial charge in [-0.1, -0.05) is 13.8 Å². The molecule has 1 saturated heterocycles. The monoisotopic (exact) mass is 199 g/mol. The van der Waals surface area contributed by atoms with Crippen LogP contribution in [-0.4, -0.2) is 55.0 Å². The molecule has 1 aliphatic heterocycles. The smallest absolute Gasteiger partial charge is 0.236 e. The van der Waals surface area contributed by atoms with Crippen LogP contribution in [0.2, 0.25) is 0 Å². The van der Waals surface area contributed by atoms with Gasteiger partial charge in [-0.3, -0.25) is 9.69 Å². The summed E-state index contributed by atoms with van der Waals surface area (Å²) in [6, 6.07) is 0.190. The Kier molecular flexibility index (Phi) is 3.89. The fourth-order valence-corrected chi connectivity index (χ4v) is 1.88. The first kappa shape index (κ1) is 11.5. The number of nitrogens with zero attached hydrogens (tertiary/aromatic N) is 2. The molecule has 4 heteroatoms. The zero-order chi connectivity index (χ0) is 10.7. The maximum absolute atomic E-state index is 11.6. The number of carbonyl (C=O) groups excluding carboxylic acids is 1. The number of hydrogen-bond donors (Lipinski definition) is 1. The van der Waals surface area contributed by atoms with E-state index in [1.807, 2.05) is 7.05 Å². The molecule has 1 unspecified atom stereocenters. The van der Waals surface area contributed by atoms with E-state index in [-0.39, 0.29) is 11.9 Å². The van der Waals surface area contributed by atoms with Gasteiger partial charge < -0.3 is 10.6 Å². The Hall–Kier alpha value is -0.610. The Balaban J connectivity index is 2.54. The molecule has 14 heavy (non-hydrogen) atoms. The molecule has 0 saturated carbocycles. The van der Waals surface area contributed by atoms with Crippen molar-refractivity contribution in [1.29, 1.82) is 0 Å². The molecule has 1 rings (SSSR count).